The van der Waals surface area contributed by atoms with Crippen molar-refractivity contribution in [3.05, 3.63) is 0 Å². The summed E-state index contributed by atoms with van der Waals surface area (Å²) >= 11 is 16.4. The van der Waals surface area contributed by atoms with Gasteiger partial charge < -0.3 is 10.4 Å². The van der Waals surface area contributed by atoms with E-state index in [1.165, 1.54) is 0 Å². The molecule has 0 heterocycles. The molecule has 6 heteroatoms. The predicted molar refractivity (Wildman–Crippen MR) is 74.7 cm³/mol. The number of hydrogen-bond acceptors (Lipinski definition) is 2. The lowest BCUT2D eigenvalue weighted by Gasteiger charge is -2.52. The molecule has 0 aromatic heterocycles. The van der Waals surface area contributed by atoms with Crippen LogP contribution in [0.1, 0.15) is 40.0 Å². The standard InChI is InChI=1S/C12H20Cl3NO2/c1-4-7-5-8(11(7,2)3)6-9(17)16-10(18)12(13,14)15/h7-8,10,18H,4-6H2,1-3H3,(H,16,17)/t7-,8+,10+/m1/s1. The molecule has 18 heavy (non-hydrogen) atoms. The summed E-state index contributed by atoms with van der Waals surface area (Å²) in [4.78, 5) is 11.7. The van der Waals surface area contributed by atoms with E-state index in [1.54, 1.807) is 0 Å². The molecule has 0 aliphatic heterocycles. The Balaban J connectivity index is 2.44. The second-order valence-corrected chi connectivity index (χ2v) is 7.94. The van der Waals surface area contributed by atoms with Crippen LogP contribution in [-0.2, 0) is 4.79 Å². The first kappa shape index (κ1) is 16.4. The van der Waals surface area contributed by atoms with E-state index in [-0.39, 0.29) is 11.3 Å². The summed E-state index contributed by atoms with van der Waals surface area (Å²) in [7, 11) is 0. The van der Waals surface area contributed by atoms with Crippen molar-refractivity contribution in [3.63, 3.8) is 0 Å². The van der Waals surface area contributed by atoms with Gasteiger partial charge in [-0.25, -0.2) is 0 Å². The van der Waals surface area contributed by atoms with Crippen LogP contribution in [0.4, 0.5) is 0 Å². The maximum atomic E-state index is 11.7. The highest BCUT2D eigenvalue weighted by atomic mass is 35.6. The van der Waals surface area contributed by atoms with Crippen molar-refractivity contribution in [2.75, 3.05) is 0 Å². The fourth-order valence-corrected chi connectivity index (χ4v) is 2.84. The number of halogens is 3. The van der Waals surface area contributed by atoms with Crippen LogP contribution in [0.5, 0.6) is 0 Å². The van der Waals surface area contributed by atoms with E-state index in [0.717, 1.165) is 12.8 Å². The number of amides is 1. The predicted octanol–water partition coefficient (Wildman–Crippen LogP) is 3.25. The van der Waals surface area contributed by atoms with Gasteiger partial charge in [-0.05, 0) is 23.7 Å². The highest BCUT2D eigenvalue weighted by molar-refractivity contribution is 6.68. The van der Waals surface area contributed by atoms with Gasteiger partial charge in [0.2, 0.25) is 9.70 Å². The highest BCUT2D eigenvalue weighted by Gasteiger charge is 2.47. The summed E-state index contributed by atoms with van der Waals surface area (Å²) in [6.07, 6.45) is 1.06. The summed E-state index contributed by atoms with van der Waals surface area (Å²) < 4.78 is -1.89. The van der Waals surface area contributed by atoms with Gasteiger partial charge in [0.1, 0.15) is 0 Å². The molecule has 0 radical (unpaired) electrons. The lowest BCUT2D eigenvalue weighted by atomic mass is 9.53. The Morgan fingerprint density at radius 2 is 2.00 bits per heavy atom. The second-order valence-electron chi connectivity index (χ2n) is 5.57. The van der Waals surface area contributed by atoms with Gasteiger partial charge >= 0.3 is 0 Å². The second kappa shape index (κ2) is 5.74. The minimum absolute atomic E-state index is 0.164. The van der Waals surface area contributed by atoms with E-state index in [9.17, 15) is 9.90 Å². The molecule has 0 bridgehead atoms. The fourth-order valence-electron chi connectivity index (χ4n) is 2.68. The maximum absolute atomic E-state index is 11.7. The first-order valence-corrected chi connectivity index (χ1v) is 7.26. The van der Waals surface area contributed by atoms with Crippen LogP contribution < -0.4 is 5.32 Å². The Hall–Kier alpha value is 0.300. The van der Waals surface area contributed by atoms with E-state index < -0.39 is 10.0 Å². The minimum atomic E-state index is -1.89. The lowest BCUT2D eigenvalue weighted by Crippen LogP contribution is -2.49. The molecule has 1 amide bonds. The van der Waals surface area contributed by atoms with Crippen LogP contribution in [0.3, 0.4) is 0 Å². The van der Waals surface area contributed by atoms with E-state index in [2.05, 4.69) is 26.1 Å². The van der Waals surface area contributed by atoms with Crippen molar-refractivity contribution in [3.8, 4) is 0 Å². The number of carbonyl (C=O) groups excluding carboxylic acids is 1. The smallest absolute Gasteiger partial charge is 0.234 e. The van der Waals surface area contributed by atoms with Crippen molar-refractivity contribution >= 4 is 40.7 Å². The minimum Gasteiger partial charge on any atom is -0.369 e. The summed E-state index contributed by atoms with van der Waals surface area (Å²) in [5, 5.41) is 11.8. The molecule has 0 unspecified atom stereocenters. The van der Waals surface area contributed by atoms with E-state index >= 15 is 0 Å². The molecular weight excluding hydrogens is 296 g/mol. The molecule has 1 fully saturated rings. The molecule has 1 saturated carbocycles. The molecule has 0 aromatic rings. The van der Waals surface area contributed by atoms with E-state index in [0.29, 0.717) is 18.3 Å². The Morgan fingerprint density at radius 1 is 1.44 bits per heavy atom. The number of nitrogens with one attached hydrogen (secondary N) is 1. The molecule has 1 aliphatic carbocycles. The van der Waals surface area contributed by atoms with Crippen molar-refractivity contribution in [1.29, 1.82) is 0 Å². The molecule has 106 valence electrons. The molecule has 2 N–H and O–H groups in total. The van der Waals surface area contributed by atoms with Crippen LogP contribution in [0.15, 0.2) is 0 Å². The Labute approximate surface area is 123 Å². The highest BCUT2D eigenvalue weighted by Crippen LogP contribution is 2.54. The zero-order valence-electron chi connectivity index (χ0n) is 10.8. The molecule has 3 nitrogen and oxygen atoms in total. The normalized spacial score (nSPS) is 28.4. The van der Waals surface area contributed by atoms with Gasteiger partial charge in [-0.15, -0.1) is 0 Å². The van der Waals surface area contributed by atoms with Crippen molar-refractivity contribution < 1.29 is 9.90 Å². The third kappa shape index (κ3) is 3.66. The van der Waals surface area contributed by atoms with Gasteiger partial charge in [-0.2, -0.15) is 0 Å². The molecule has 1 rings (SSSR count). The average Bonchev–Trinajstić information content (AvgIpc) is 2.22. The number of aliphatic hydroxyl groups is 1. The van der Waals surface area contributed by atoms with Gasteiger partial charge in [0.05, 0.1) is 0 Å². The fraction of sp³-hybridized carbons (Fsp3) is 0.917. The third-order valence-electron chi connectivity index (χ3n) is 4.21. The lowest BCUT2D eigenvalue weighted by molar-refractivity contribution is -0.130. The third-order valence-corrected chi connectivity index (χ3v) is 4.83. The SMILES string of the molecule is CC[C@@H]1C[C@@H](CC(=O)N[C@@H](O)C(Cl)(Cl)Cl)C1(C)C. The Kier molecular flexibility index (Phi) is 5.21. The summed E-state index contributed by atoms with van der Waals surface area (Å²) in [6.45, 7) is 6.51. The van der Waals surface area contributed by atoms with Gasteiger partial charge in [-0.1, -0.05) is 62.0 Å². The summed E-state index contributed by atoms with van der Waals surface area (Å²) in [6, 6.07) is 0. The Bertz CT molecular complexity index is 315. The number of carbonyl (C=O) groups is 1. The number of hydrogen-bond donors (Lipinski definition) is 2. The Morgan fingerprint density at radius 3 is 2.39 bits per heavy atom. The maximum Gasteiger partial charge on any atom is 0.234 e. The number of alkyl halides is 3. The first-order chi connectivity index (χ1) is 8.09. The van der Waals surface area contributed by atoms with Crippen molar-refractivity contribution in [1.82, 2.24) is 5.32 Å². The zero-order chi connectivity index (χ0) is 14.1. The van der Waals surface area contributed by atoms with Crippen LogP contribution in [0, 0.1) is 17.3 Å². The molecule has 0 aromatic carbocycles. The van der Waals surface area contributed by atoms with Crippen molar-refractivity contribution in [2.45, 2.75) is 50.1 Å². The molecule has 3 atom stereocenters. The van der Waals surface area contributed by atoms with Gasteiger partial charge in [-0.3, -0.25) is 4.79 Å². The molecule has 0 spiro atoms. The monoisotopic (exact) mass is 315 g/mol. The topological polar surface area (TPSA) is 49.3 Å². The largest absolute Gasteiger partial charge is 0.369 e. The quantitative estimate of drug-likeness (QED) is 0.618. The van der Waals surface area contributed by atoms with E-state index in [1.807, 2.05) is 0 Å². The van der Waals surface area contributed by atoms with Gasteiger partial charge in [0, 0.05) is 6.42 Å². The van der Waals surface area contributed by atoms with Crippen LogP contribution in [0.25, 0.3) is 0 Å². The summed E-state index contributed by atoms with van der Waals surface area (Å²) in [5.41, 5.74) is 0.164. The van der Waals surface area contributed by atoms with Crippen molar-refractivity contribution in [2.24, 2.45) is 17.3 Å². The van der Waals surface area contributed by atoms with Crippen LogP contribution >= 0.6 is 34.8 Å². The van der Waals surface area contributed by atoms with Gasteiger partial charge in [0.15, 0.2) is 6.23 Å². The van der Waals surface area contributed by atoms with E-state index in [4.69, 9.17) is 34.8 Å². The molecule has 0 saturated heterocycles. The number of rotatable bonds is 4. The number of aliphatic hydroxyl groups excluding tert-OH is 1. The molecule has 1 aliphatic rings. The van der Waals surface area contributed by atoms with Crippen LogP contribution in [0.2, 0.25) is 0 Å². The zero-order valence-corrected chi connectivity index (χ0v) is 13.1. The van der Waals surface area contributed by atoms with Gasteiger partial charge in [0.25, 0.3) is 0 Å². The first-order valence-electron chi connectivity index (χ1n) is 6.13. The average molecular weight is 317 g/mol. The van der Waals surface area contributed by atoms with Crippen LogP contribution in [-0.4, -0.2) is 21.0 Å². The molecular formula is C12H20Cl3NO2. The summed E-state index contributed by atoms with van der Waals surface area (Å²) in [5.74, 6) is 0.708.